The first-order chi connectivity index (χ1) is 9.27. The molecule has 19 heavy (non-hydrogen) atoms. The van der Waals surface area contributed by atoms with E-state index in [9.17, 15) is 4.79 Å². The lowest BCUT2D eigenvalue weighted by Gasteiger charge is -2.07. The number of amides is 1. The van der Waals surface area contributed by atoms with Gasteiger partial charge in [0.15, 0.2) is 0 Å². The van der Waals surface area contributed by atoms with Crippen LogP contribution in [0.2, 0.25) is 0 Å². The van der Waals surface area contributed by atoms with Crippen LogP contribution in [0.3, 0.4) is 0 Å². The molecule has 0 atom stereocenters. The van der Waals surface area contributed by atoms with Gasteiger partial charge in [-0.3, -0.25) is 10.2 Å². The van der Waals surface area contributed by atoms with Crippen molar-refractivity contribution in [2.24, 2.45) is 5.84 Å². The Morgan fingerprint density at radius 1 is 1.16 bits per heavy atom. The molecule has 1 aromatic rings. The first-order valence-corrected chi connectivity index (χ1v) is 6.08. The first kappa shape index (κ1) is 15.4. The number of rotatable bonds is 9. The predicted molar refractivity (Wildman–Crippen MR) is 70.9 cm³/mol. The quantitative estimate of drug-likeness (QED) is 0.298. The largest absolute Gasteiger partial charge is 0.491 e. The molecule has 1 rings (SSSR count). The molecule has 0 aliphatic rings. The molecule has 0 bridgehead atoms. The van der Waals surface area contributed by atoms with E-state index < -0.39 is 0 Å². The fourth-order valence-corrected chi connectivity index (χ4v) is 1.41. The first-order valence-electron chi connectivity index (χ1n) is 6.08. The number of hydrazine groups is 1. The van der Waals surface area contributed by atoms with Gasteiger partial charge in [0.05, 0.1) is 6.61 Å². The van der Waals surface area contributed by atoms with E-state index in [1.165, 1.54) is 0 Å². The SMILES string of the molecule is COCCCOCCOc1ccc(C(=O)NN)cc1. The van der Waals surface area contributed by atoms with Crippen LogP contribution < -0.4 is 16.0 Å². The number of carbonyl (C=O) groups excluding carboxylic acids is 1. The molecular weight excluding hydrogens is 248 g/mol. The predicted octanol–water partition coefficient (Wildman–Crippen LogP) is 0.722. The molecule has 0 heterocycles. The van der Waals surface area contributed by atoms with Crippen LogP contribution in [0.15, 0.2) is 24.3 Å². The van der Waals surface area contributed by atoms with Crippen LogP contribution in [0.1, 0.15) is 16.8 Å². The zero-order valence-electron chi connectivity index (χ0n) is 11.1. The van der Waals surface area contributed by atoms with Crippen LogP contribution in [0.4, 0.5) is 0 Å². The van der Waals surface area contributed by atoms with Gasteiger partial charge in [0.25, 0.3) is 5.91 Å². The van der Waals surface area contributed by atoms with Gasteiger partial charge in [0, 0.05) is 25.9 Å². The van der Waals surface area contributed by atoms with Crippen molar-refractivity contribution in [2.75, 3.05) is 33.5 Å². The lowest BCUT2D eigenvalue weighted by Crippen LogP contribution is -2.29. The fourth-order valence-electron chi connectivity index (χ4n) is 1.41. The molecule has 0 spiro atoms. The molecule has 0 unspecified atom stereocenters. The zero-order valence-corrected chi connectivity index (χ0v) is 11.1. The van der Waals surface area contributed by atoms with Crippen molar-refractivity contribution < 1.29 is 19.0 Å². The maximum atomic E-state index is 11.2. The van der Waals surface area contributed by atoms with E-state index in [4.69, 9.17) is 20.1 Å². The minimum atomic E-state index is -0.326. The van der Waals surface area contributed by atoms with E-state index in [0.29, 0.717) is 37.7 Å². The molecule has 0 saturated heterocycles. The smallest absolute Gasteiger partial charge is 0.265 e. The van der Waals surface area contributed by atoms with Gasteiger partial charge < -0.3 is 14.2 Å². The monoisotopic (exact) mass is 268 g/mol. The standard InChI is InChI=1S/C13H20N2O4/c1-17-7-2-8-18-9-10-19-12-5-3-11(4-6-12)13(16)15-14/h3-6H,2,7-10,14H2,1H3,(H,15,16). The number of ether oxygens (including phenoxy) is 3. The molecule has 1 amide bonds. The van der Waals surface area contributed by atoms with Crippen LogP contribution in [0.5, 0.6) is 5.75 Å². The third-order valence-corrected chi connectivity index (χ3v) is 2.38. The Balaban J connectivity index is 2.18. The summed E-state index contributed by atoms with van der Waals surface area (Å²) in [4.78, 5) is 11.2. The molecule has 0 saturated carbocycles. The van der Waals surface area contributed by atoms with E-state index in [-0.39, 0.29) is 5.91 Å². The van der Waals surface area contributed by atoms with Gasteiger partial charge in [0.1, 0.15) is 12.4 Å². The minimum absolute atomic E-state index is 0.326. The average molecular weight is 268 g/mol. The number of benzene rings is 1. The molecule has 0 aliphatic heterocycles. The van der Waals surface area contributed by atoms with E-state index in [1.54, 1.807) is 31.4 Å². The zero-order chi connectivity index (χ0) is 13.9. The lowest BCUT2D eigenvalue weighted by atomic mass is 10.2. The fraction of sp³-hybridized carbons (Fsp3) is 0.462. The summed E-state index contributed by atoms with van der Waals surface area (Å²) >= 11 is 0. The van der Waals surface area contributed by atoms with Crippen LogP contribution in [0, 0.1) is 0 Å². The summed E-state index contributed by atoms with van der Waals surface area (Å²) in [5.41, 5.74) is 2.56. The van der Waals surface area contributed by atoms with Gasteiger partial charge in [-0.25, -0.2) is 5.84 Å². The van der Waals surface area contributed by atoms with Gasteiger partial charge in [-0.15, -0.1) is 0 Å². The normalized spacial score (nSPS) is 10.2. The van der Waals surface area contributed by atoms with E-state index >= 15 is 0 Å². The van der Waals surface area contributed by atoms with Crippen molar-refractivity contribution in [2.45, 2.75) is 6.42 Å². The Morgan fingerprint density at radius 3 is 2.53 bits per heavy atom. The van der Waals surface area contributed by atoms with Gasteiger partial charge in [-0.05, 0) is 30.7 Å². The summed E-state index contributed by atoms with van der Waals surface area (Å²) in [5.74, 6) is 5.40. The lowest BCUT2D eigenvalue weighted by molar-refractivity contribution is 0.0806. The van der Waals surface area contributed by atoms with Crippen molar-refractivity contribution in [3.05, 3.63) is 29.8 Å². The highest BCUT2D eigenvalue weighted by Gasteiger charge is 2.02. The number of nitrogens with two attached hydrogens (primary N) is 1. The molecule has 1 aromatic carbocycles. The maximum Gasteiger partial charge on any atom is 0.265 e. The molecule has 0 fully saturated rings. The summed E-state index contributed by atoms with van der Waals surface area (Å²) in [6, 6.07) is 6.74. The van der Waals surface area contributed by atoms with Gasteiger partial charge >= 0.3 is 0 Å². The summed E-state index contributed by atoms with van der Waals surface area (Å²) < 4.78 is 15.7. The molecule has 0 aliphatic carbocycles. The van der Waals surface area contributed by atoms with Gasteiger partial charge in [-0.2, -0.15) is 0 Å². The summed E-state index contributed by atoms with van der Waals surface area (Å²) in [5, 5.41) is 0. The summed E-state index contributed by atoms with van der Waals surface area (Å²) in [7, 11) is 1.66. The number of hydrogen-bond donors (Lipinski definition) is 2. The summed E-state index contributed by atoms with van der Waals surface area (Å²) in [6.45, 7) is 2.35. The van der Waals surface area contributed by atoms with Crippen LogP contribution in [-0.2, 0) is 9.47 Å². The van der Waals surface area contributed by atoms with Crippen LogP contribution >= 0.6 is 0 Å². The van der Waals surface area contributed by atoms with Crippen LogP contribution in [0.25, 0.3) is 0 Å². The van der Waals surface area contributed by atoms with Crippen molar-refractivity contribution in [1.82, 2.24) is 5.43 Å². The number of methoxy groups -OCH3 is 1. The summed E-state index contributed by atoms with van der Waals surface area (Å²) in [6.07, 6.45) is 0.874. The number of hydrogen-bond acceptors (Lipinski definition) is 5. The average Bonchev–Trinajstić information content (AvgIpc) is 2.46. The Labute approximate surface area is 112 Å². The highest BCUT2D eigenvalue weighted by atomic mass is 16.5. The third-order valence-electron chi connectivity index (χ3n) is 2.38. The number of nitrogens with one attached hydrogen (secondary N) is 1. The Morgan fingerprint density at radius 2 is 1.89 bits per heavy atom. The highest BCUT2D eigenvalue weighted by Crippen LogP contribution is 2.11. The maximum absolute atomic E-state index is 11.2. The van der Waals surface area contributed by atoms with Crippen molar-refractivity contribution in [1.29, 1.82) is 0 Å². The second-order valence-corrected chi connectivity index (χ2v) is 3.81. The molecule has 6 heteroatoms. The van der Waals surface area contributed by atoms with Crippen LogP contribution in [-0.4, -0.2) is 39.4 Å². The second-order valence-electron chi connectivity index (χ2n) is 3.81. The van der Waals surface area contributed by atoms with E-state index in [1.807, 2.05) is 0 Å². The number of carbonyl (C=O) groups is 1. The Hall–Kier alpha value is -1.63. The van der Waals surface area contributed by atoms with Crippen molar-refractivity contribution in [3.63, 3.8) is 0 Å². The molecule has 6 nitrogen and oxygen atoms in total. The molecule has 0 radical (unpaired) electrons. The third kappa shape index (κ3) is 6.19. The second kappa shape index (κ2) is 9.32. The van der Waals surface area contributed by atoms with Gasteiger partial charge in [-0.1, -0.05) is 0 Å². The van der Waals surface area contributed by atoms with Crippen molar-refractivity contribution in [3.8, 4) is 5.75 Å². The topological polar surface area (TPSA) is 82.8 Å². The molecule has 0 aromatic heterocycles. The molecule has 3 N–H and O–H groups in total. The highest BCUT2D eigenvalue weighted by molar-refractivity contribution is 5.93. The van der Waals surface area contributed by atoms with E-state index in [0.717, 1.165) is 6.42 Å². The molecular formula is C13H20N2O4. The Bertz CT molecular complexity index is 367. The van der Waals surface area contributed by atoms with E-state index in [2.05, 4.69) is 5.43 Å². The van der Waals surface area contributed by atoms with Gasteiger partial charge in [0.2, 0.25) is 0 Å². The molecule has 106 valence electrons. The van der Waals surface area contributed by atoms with Crippen molar-refractivity contribution >= 4 is 5.91 Å². The Kier molecular flexibility index (Phi) is 7.57. The number of nitrogen functional groups attached to an aromatic ring is 1. The minimum Gasteiger partial charge on any atom is -0.491 e.